The zero-order chi connectivity index (χ0) is 28.0. The number of para-hydroxylation sites is 1. The van der Waals surface area contributed by atoms with Crippen molar-refractivity contribution in [3.8, 4) is 5.69 Å². The second-order valence-corrected chi connectivity index (χ2v) is 11.6. The van der Waals surface area contributed by atoms with Crippen molar-refractivity contribution in [1.82, 2.24) is 40.6 Å². The van der Waals surface area contributed by atoms with Crippen LogP contribution in [0, 0.1) is 11.8 Å². The van der Waals surface area contributed by atoms with Crippen LogP contribution < -0.4 is 10.6 Å². The van der Waals surface area contributed by atoms with Crippen LogP contribution in [-0.2, 0) is 14.4 Å². The number of amides is 3. The van der Waals surface area contributed by atoms with Gasteiger partial charge in [-0.25, -0.2) is 4.79 Å². The van der Waals surface area contributed by atoms with Gasteiger partial charge in [0.05, 0.1) is 29.3 Å². The van der Waals surface area contributed by atoms with Crippen LogP contribution in [0.5, 0.6) is 0 Å². The summed E-state index contributed by atoms with van der Waals surface area (Å²) in [5.74, 6) is -2.71. The molecule has 14 heteroatoms. The van der Waals surface area contributed by atoms with Gasteiger partial charge >= 0.3 is 5.97 Å². The predicted octanol–water partition coefficient (Wildman–Crippen LogP) is 0.105. The van der Waals surface area contributed by atoms with Crippen molar-refractivity contribution in [3.63, 3.8) is 0 Å². The number of nitrogens with one attached hydrogen (secondary N) is 2. The lowest BCUT2D eigenvalue weighted by Crippen LogP contribution is -2.66. The Balaban J connectivity index is 1.31. The summed E-state index contributed by atoms with van der Waals surface area (Å²) >= 11 is 1.43. The van der Waals surface area contributed by atoms with Gasteiger partial charge in [0.25, 0.3) is 5.91 Å². The molecular formula is C25H30N8O5S. The number of fused-ring (bicyclic) bond motifs is 1. The van der Waals surface area contributed by atoms with Crippen LogP contribution >= 0.6 is 11.8 Å². The molecule has 2 aromatic rings. The van der Waals surface area contributed by atoms with Gasteiger partial charge in [-0.05, 0) is 35.9 Å². The normalized spacial score (nSPS) is 26.7. The number of likely N-dealkylation sites (N-methyl/N-ethyl adjacent to an activating group) is 1. The smallest absolute Gasteiger partial charge is 0.353 e. The standard InChI is InChI=1S/C25H30N8O5S/c1-12-19-18(13(2)28-22(34)15-7-5-6-8-17(15)32-11-27-29-30-32)24(36)33(19)20(25(37)38)21(12)39-14-9-16(26-10-14)23(35)31(3)4/h5-8,11-14,16,18-19,26H,9-10H2,1-4H3,(H,28,34)(H,37,38)/t12-,13-,14+,16+,18-,19-/m1/s1. The van der Waals surface area contributed by atoms with E-state index in [0.29, 0.717) is 29.1 Å². The third kappa shape index (κ3) is 4.67. The van der Waals surface area contributed by atoms with Crippen molar-refractivity contribution in [2.45, 2.75) is 43.6 Å². The zero-order valence-electron chi connectivity index (χ0n) is 21.9. The van der Waals surface area contributed by atoms with Crippen LogP contribution in [0.25, 0.3) is 5.69 Å². The number of rotatable bonds is 8. The van der Waals surface area contributed by atoms with Crippen molar-refractivity contribution in [2.24, 2.45) is 11.8 Å². The second kappa shape index (κ2) is 10.4. The van der Waals surface area contributed by atoms with Crippen molar-refractivity contribution in [1.29, 1.82) is 0 Å². The Kier molecular flexibility index (Phi) is 7.16. The molecule has 3 aliphatic heterocycles. The van der Waals surface area contributed by atoms with Crippen molar-refractivity contribution >= 4 is 35.5 Å². The maximum Gasteiger partial charge on any atom is 0.353 e. The highest BCUT2D eigenvalue weighted by molar-refractivity contribution is 8.03. The Hall–Kier alpha value is -3.78. The van der Waals surface area contributed by atoms with Gasteiger partial charge in [-0.15, -0.1) is 16.9 Å². The van der Waals surface area contributed by atoms with Crippen molar-refractivity contribution in [3.05, 3.63) is 46.8 Å². The Morgan fingerprint density at radius 2 is 2.00 bits per heavy atom. The van der Waals surface area contributed by atoms with E-state index in [-0.39, 0.29) is 46.7 Å². The van der Waals surface area contributed by atoms with E-state index in [0.717, 1.165) is 0 Å². The Morgan fingerprint density at radius 3 is 2.67 bits per heavy atom. The quantitative estimate of drug-likeness (QED) is 0.382. The molecule has 3 N–H and O–H groups in total. The van der Waals surface area contributed by atoms with Crippen LogP contribution in [0.1, 0.15) is 30.6 Å². The minimum Gasteiger partial charge on any atom is -0.477 e. The van der Waals surface area contributed by atoms with Crippen molar-refractivity contribution < 1.29 is 24.3 Å². The predicted molar refractivity (Wildman–Crippen MR) is 141 cm³/mol. The number of hydrogen-bond donors (Lipinski definition) is 3. The summed E-state index contributed by atoms with van der Waals surface area (Å²) in [6.07, 6.45) is 1.96. The second-order valence-electron chi connectivity index (χ2n) is 10.2. The Bertz CT molecular complexity index is 1350. The summed E-state index contributed by atoms with van der Waals surface area (Å²) in [5.41, 5.74) is 0.840. The molecular weight excluding hydrogens is 524 g/mol. The third-order valence-corrected chi connectivity index (χ3v) is 9.07. The molecule has 3 amide bonds. The molecule has 1 aromatic carbocycles. The van der Waals surface area contributed by atoms with Gasteiger partial charge < -0.3 is 25.5 Å². The fourth-order valence-corrected chi connectivity index (χ4v) is 7.16. The molecule has 5 rings (SSSR count). The molecule has 0 bridgehead atoms. The van der Waals surface area contributed by atoms with Gasteiger partial charge in [0.1, 0.15) is 12.0 Å². The number of carboxylic acids is 1. The van der Waals surface area contributed by atoms with Crippen LogP contribution in [0.3, 0.4) is 0 Å². The van der Waals surface area contributed by atoms with Crippen LogP contribution in [-0.4, -0.2) is 103 Å². The van der Waals surface area contributed by atoms with E-state index in [1.165, 1.54) is 32.6 Å². The van der Waals surface area contributed by atoms with Gasteiger partial charge in [-0.2, -0.15) is 4.68 Å². The van der Waals surface area contributed by atoms with E-state index < -0.39 is 17.9 Å². The first-order valence-corrected chi connectivity index (χ1v) is 13.5. The third-order valence-electron chi connectivity index (χ3n) is 7.56. The number of hydrogen-bond acceptors (Lipinski definition) is 9. The number of thioether (sulfide) groups is 1. The number of aromatic nitrogens is 4. The molecule has 13 nitrogen and oxygen atoms in total. The average molecular weight is 555 g/mol. The molecule has 0 radical (unpaired) electrons. The minimum atomic E-state index is -1.16. The molecule has 0 unspecified atom stereocenters. The fraction of sp³-hybridized carbons (Fsp3) is 0.480. The summed E-state index contributed by atoms with van der Waals surface area (Å²) in [5, 5.41) is 27.3. The van der Waals surface area contributed by atoms with Crippen LogP contribution in [0.4, 0.5) is 0 Å². The molecule has 206 valence electrons. The molecule has 2 fully saturated rings. The summed E-state index contributed by atoms with van der Waals surface area (Å²) < 4.78 is 1.38. The zero-order valence-corrected chi connectivity index (χ0v) is 22.8. The van der Waals surface area contributed by atoms with Crippen molar-refractivity contribution in [2.75, 3.05) is 20.6 Å². The number of nitrogens with zero attached hydrogens (tertiary/aromatic N) is 6. The van der Waals surface area contributed by atoms with Crippen LogP contribution in [0.2, 0.25) is 0 Å². The monoisotopic (exact) mass is 554 g/mol. The minimum absolute atomic E-state index is 0.00199. The average Bonchev–Trinajstić information content (AvgIpc) is 3.64. The molecule has 3 aliphatic rings. The topological polar surface area (TPSA) is 163 Å². The number of tetrazole rings is 1. The molecule has 0 aliphatic carbocycles. The Morgan fingerprint density at radius 1 is 1.26 bits per heavy atom. The van der Waals surface area contributed by atoms with E-state index in [1.54, 1.807) is 45.3 Å². The number of carbonyl (C=O) groups excluding carboxylic acids is 3. The SMILES string of the molecule is C[C@@H](NC(=O)c1ccccc1-n1cnnn1)[C@H]1C(=O)N2C(C(=O)O)=C(S[C@@H]3CN[C@H](C(=O)N(C)C)C3)[C@H](C)[C@H]12. The molecule has 6 atom stereocenters. The first kappa shape index (κ1) is 26.8. The number of carbonyl (C=O) groups is 4. The summed E-state index contributed by atoms with van der Waals surface area (Å²) in [6.45, 7) is 4.24. The fourth-order valence-electron chi connectivity index (χ4n) is 5.68. The number of carboxylic acid groups (broad SMARTS) is 1. The number of aliphatic carboxylic acids is 1. The molecule has 0 saturated carbocycles. The molecule has 2 saturated heterocycles. The first-order chi connectivity index (χ1) is 18.6. The maximum atomic E-state index is 13.3. The lowest BCUT2D eigenvalue weighted by atomic mass is 9.78. The maximum absolute atomic E-state index is 13.3. The molecule has 0 spiro atoms. The summed E-state index contributed by atoms with van der Waals surface area (Å²) in [7, 11) is 3.41. The molecule has 1 aromatic heterocycles. The van der Waals surface area contributed by atoms with E-state index in [2.05, 4.69) is 26.2 Å². The Labute approximate surface area is 229 Å². The van der Waals surface area contributed by atoms with Gasteiger partial charge in [-0.1, -0.05) is 19.1 Å². The van der Waals surface area contributed by atoms with Gasteiger partial charge in [-0.3, -0.25) is 14.4 Å². The summed E-state index contributed by atoms with van der Waals surface area (Å²) in [6, 6.07) is 5.60. The first-order valence-electron chi connectivity index (χ1n) is 12.6. The number of benzene rings is 1. The van der Waals surface area contributed by atoms with Crippen LogP contribution in [0.15, 0.2) is 41.2 Å². The summed E-state index contributed by atoms with van der Waals surface area (Å²) in [4.78, 5) is 54.7. The largest absolute Gasteiger partial charge is 0.477 e. The highest BCUT2D eigenvalue weighted by Crippen LogP contribution is 2.51. The van der Waals surface area contributed by atoms with E-state index in [9.17, 15) is 24.3 Å². The van der Waals surface area contributed by atoms with E-state index in [4.69, 9.17) is 0 Å². The lowest BCUT2D eigenvalue weighted by Gasteiger charge is -2.47. The van der Waals surface area contributed by atoms with E-state index in [1.807, 2.05) is 6.92 Å². The highest BCUT2D eigenvalue weighted by atomic mass is 32.2. The van der Waals surface area contributed by atoms with Gasteiger partial charge in [0.2, 0.25) is 11.8 Å². The number of β-lactam (4-membered cyclic amide) rings is 1. The lowest BCUT2D eigenvalue weighted by molar-refractivity contribution is -0.158. The van der Waals surface area contributed by atoms with Gasteiger partial charge in [0, 0.05) is 42.8 Å². The highest BCUT2D eigenvalue weighted by Gasteiger charge is 2.60. The van der Waals surface area contributed by atoms with E-state index >= 15 is 0 Å². The van der Waals surface area contributed by atoms with Gasteiger partial charge in [0.15, 0.2) is 0 Å². The molecule has 39 heavy (non-hydrogen) atoms. The molecule has 4 heterocycles.